The number of methoxy groups -OCH3 is 3. The van der Waals surface area contributed by atoms with Gasteiger partial charge in [0, 0.05) is 24.8 Å². The summed E-state index contributed by atoms with van der Waals surface area (Å²) < 4.78 is 55.4. The number of ether oxygens (including phenoxy) is 3. The lowest BCUT2D eigenvalue weighted by Crippen LogP contribution is -2.43. The predicted octanol–water partition coefficient (Wildman–Crippen LogP) is 4.55. The van der Waals surface area contributed by atoms with E-state index in [4.69, 9.17) is 14.2 Å². The van der Waals surface area contributed by atoms with E-state index < -0.39 is 17.2 Å². The van der Waals surface area contributed by atoms with E-state index in [1.54, 1.807) is 33.5 Å². The van der Waals surface area contributed by atoms with Crippen molar-refractivity contribution in [3.63, 3.8) is 0 Å². The molecular formula is C24H30F3NO4. The van der Waals surface area contributed by atoms with Gasteiger partial charge in [0.25, 0.3) is 0 Å². The number of hydrogen-bond donors (Lipinski definition) is 1. The second-order valence-corrected chi connectivity index (χ2v) is 8.33. The van der Waals surface area contributed by atoms with E-state index in [1.165, 1.54) is 12.1 Å². The molecule has 0 atom stereocenters. The molecule has 1 N–H and O–H groups in total. The highest BCUT2D eigenvalue weighted by atomic mass is 19.4. The van der Waals surface area contributed by atoms with E-state index in [2.05, 4.69) is 4.90 Å². The molecule has 32 heavy (non-hydrogen) atoms. The van der Waals surface area contributed by atoms with Gasteiger partial charge in [0.1, 0.15) is 5.75 Å². The highest BCUT2D eigenvalue weighted by Gasteiger charge is 2.36. The van der Waals surface area contributed by atoms with Crippen LogP contribution in [0.2, 0.25) is 0 Å². The summed E-state index contributed by atoms with van der Waals surface area (Å²) in [5.41, 5.74) is 0.479. The Hall–Kier alpha value is -2.45. The van der Waals surface area contributed by atoms with Gasteiger partial charge in [0.05, 0.1) is 26.9 Å². The molecule has 0 spiro atoms. The van der Waals surface area contributed by atoms with Crippen molar-refractivity contribution in [2.75, 3.05) is 41.0 Å². The molecule has 0 aromatic heterocycles. The van der Waals surface area contributed by atoms with Gasteiger partial charge in [-0.25, -0.2) is 0 Å². The van der Waals surface area contributed by atoms with Crippen molar-refractivity contribution in [3.05, 3.63) is 53.1 Å². The van der Waals surface area contributed by atoms with Gasteiger partial charge in [-0.1, -0.05) is 18.2 Å². The van der Waals surface area contributed by atoms with Crippen LogP contribution in [-0.2, 0) is 19.1 Å². The molecule has 0 saturated carbocycles. The predicted molar refractivity (Wildman–Crippen MR) is 115 cm³/mol. The minimum absolute atomic E-state index is 0.0588. The first-order valence-electron chi connectivity index (χ1n) is 10.5. The van der Waals surface area contributed by atoms with Crippen LogP contribution >= 0.6 is 0 Å². The topological polar surface area (TPSA) is 51.2 Å². The molecule has 1 fully saturated rings. The maximum absolute atomic E-state index is 13.1. The first kappa shape index (κ1) is 24.2. The Balaban J connectivity index is 1.70. The number of hydrogen-bond acceptors (Lipinski definition) is 5. The molecule has 1 heterocycles. The molecule has 0 aliphatic carbocycles. The van der Waals surface area contributed by atoms with E-state index in [1.807, 2.05) is 6.07 Å². The molecule has 5 nitrogen and oxygen atoms in total. The summed E-state index contributed by atoms with van der Waals surface area (Å²) >= 11 is 0. The number of halogens is 3. The maximum Gasteiger partial charge on any atom is 0.416 e. The van der Waals surface area contributed by atoms with Crippen LogP contribution in [0.25, 0.3) is 0 Å². The second kappa shape index (κ2) is 10.0. The number of rotatable bonds is 8. The summed E-state index contributed by atoms with van der Waals surface area (Å²) in [5.74, 6) is 1.91. The minimum atomic E-state index is -4.37. The lowest BCUT2D eigenvalue weighted by molar-refractivity contribution is -0.137. The van der Waals surface area contributed by atoms with Crippen LogP contribution in [0.4, 0.5) is 13.2 Å². The minimum Gasteiger partial charge on any atom is -0.496 e. The van der Waals surface area contributed by atoms with Gasteiger partial charge in [-0.2, -0.15) is 13.2 Å². The fourth-order valence-corrected chi connectivity index (χ4v) is 4.32. The Morgan fingerprint density at radius 3 is 2.12 bits per heavy atom. The summed E-state index contributed by atoms with van der Waals surface area (Å²) in [6.07, 6.45) is -2.57. The lowest BCUT2D eigenvalue weighted by Gasteiger charge is -2.41. The SMILES string of the molecule is COc1cc(OC)c(OC)cc1CN1CCC(CO)(Cc2cccc(C(F)(F)F)c2)CC1. The highest BCUT2D eigenvalue weighted by Crippen LogP contribution is 2.39. The Morgan fingerprint density at radius 1 is 0.938 bits per heavy atom. The molecule has 0 bridgehead atoms. The van der Waals surface area contributed by atoms with Crippen LogP contribution in [-0.4, -0.2) is 51.0 Å². The van der Waals surface area contributed by atoms with Crippen molar-refractivity contribution in [2.45, 2.75) is 32.0 Å². The number of aliphatic hydroxyl groups is 1. The molecule has 1 aliphatic rings. The van der Waals surface area contributed by atoms with Gasteiger partial charge in [0.15, 0.2) is 11.5 Å². The molecule has 176 valence electrons. The second-order valence-electron chi connectivity index (χ2n) is 8.33. The summed E-state index contributed by atoms with van der Waals surface area (Å²) in [5, 5.41) is 10.1. The number of nitrogens with zero attached hydrogens (tertiary/aromatic N) is 1. The molecule has 8 heteroatoms. The third kappa shape index (κ3) is 5.48. The average molecular weight is 454 g/mol. The van der Waals surface area contributed by atoms with E-state index >= 15 is 0 Å². The standard InChI is InChI=1S/C24H30F3NO4/c1-30-20-13-22(32-3)21(31-2)12-18(20)15-28-9-7-23(16-29,8-10-28)14-17-5-4-6-19(11-17)24(25,26)27/h4-6,11-13,29H,7-10,14-16H2,1-3H3. The van der Waals surface area contributed by atoms with Gasteiger partial charge < -0.3 is 19.3 Å². The van der Waals surface area contributed by atoms with Gasteiger partial charge in [-0.15, -0.1) is 0 Å². The zero-order valence-corrected chi connectivity index (χ0v) is 18.7. The van der Waals surface area contributed by atoms with Crippen molar-refractivity contribution in [1.82, 2.24) is 4.90 Å². The zero-order valence-electron chi connectivity index (χ0n) is 18.7. The van der Waals surface area contributed by atoms with Crippen LogP contribution in [0.5, 0.6) is 17.2 Å². The van der Waals surface area contributed by atoms with Gasteiger partial charge in [-0.3, -0.25) is 4.90 Å². The summed E-state index contributed by atoms with van der Waals surface area (Å²) in [6, 6.07) is 9.10. The van der Waals surface area contributed by atoms with E-state index in [-0.39, 0.29) is 6.61 Å². The first-order valence-corrected chi connectivity index (χ1v) is 10.5. The zero-order chi connectivity index (χ0) is 23.4. The first-order chi connectivity index (χ1) is 15.2. The van der Waals surface area contributed by atoms with Crippen molar-refractivity contribution in [2.24, 2.45) is 5.41 Å². The fourth-order valence-electron chi connectivity index (χ4n) is 4.32. The van der Waals surface area contributed by atoms with Crippen molar-refractivity contribution < 1.29 is 32.5 Å². The summed E-state index contributed by atoms with van der Waals surface area (Å²) in [4.78, 5) is 2.25. The molecule has 2 aromatic carbocycles. The normalized spacial score (nSPS) is 16.6. The monoisotopic (exact) mass is 453 g/mol. The molecule has 0 radical (unpaired) electrons. The number of aliphatic hydroxyl groups excluding tert-OH is 1. The quantitative estimate of drug-likeness (QED) is 0.636. The number of benzene rings is 2. The van der Waals surface area contributed by atoms with Gasteiger partial charge in [0.2, 0.25) is 0 Å². The van der Waals surface area contributed by atoms with E-state index in [0.717, 1.165) is 24.7 Å². The van der Waals surface area contributed by atoms with Crippen LogP contribution in [0, 0.1) is 5.41 Å². The molecule has 1 saturated heterocycles. The number of likely N-dealkylation sites (tertiary alicyclic amines) is 1. The Kier molecular flexibility index (Phi) is 7.56. The van der Waals surface area contributed by atoms with E-state index in [9.17, 15) is 18.3 Å². The van der Waals surface area contributed by atoms with Crippen LogP contribution in [0.1, 0.15) is 29.5 Å². The Morgan fingerprint density at radius 2 is 1.56 bits per heavy atom. The molecule has 3 rings (SSSR count). The number of alkyl halides is 3. The molecule has 2 aromatic rings. The highest BCUT2D eigenvalue weighted by molar-refractivity contribution is 5.50. The molecule has 1 aliphatic heterocycles. The lowest BCUT2D eigenvalue weighted by atomic mass is 9.74. The Bertz CT molecular complexity index is 909. The summed E-state index contributed by atoms with van der Waals surface area (Å²) in [6.45, 7) is 2.01. The smallest absolute Gasteiger partial charge is 0.416 e. The van der Waals surface area contributed by atoms with Crippen LogP contribution in [0.15, 0.2) is 36.4 Å². The Labute approximate surface area is 186 Å². The van der Waals surface area contributed by atoms with Crippen molar-refractivity contribution in [3.8, 4) is 17.2 Å². The summed E-state index contributed by atoms with van der Waals surface area (Å²) in [7, 11) is 4.76. The molecule has 0 unspecified atom stereocenters. The third-order valence-electron chi connectivity index (χ3n) is 6.27. The molecule has 0 amide bonds. The van der Waals surface area contributed by atoms with E-state index in [0.29, 0.717) is 48.6 Å². The van der Waals surface area contributed by atoms with Crippen molar-refractivity contribution in [1.29, 1.82) is 0 Å². The third-order valence-corrected chi connectivity index (χ3v) is 6.27. The van der Waals surface area contributed by atoms with Crippen molar-refractivity contribution >= 4 is 0 Å². The number of piperidine rings is 1. The maximum atomic E-state index is 13.1. The van der Waals surface area contributed by atoms with Crippen LogP contribution in [0.3, 0.4) is 0 Å². The molecular weight excluding hydrogens is 423 g/mol. The fraction of sp³-hybridized carbons (Fsp3) is 0.500. The van der Waals surface area contributed by atoms with Gasteiger partial charge in [-0.05, 0) is 55.5 Å². The van der Waals surface area contributed by atoms with Gasteiger partial charge >= 0.3 is 6.18 Å². The largest absolute Gasteiger partial charge is 0.496 e. The van der Waals surface area contributed by atoms with Crippen LogP contribution < -0.4 is 14.2 Å². The average Bonchev–Trinajstić information content (AvgIpc) is 2.79.